The van der Waals surface area contributed by atoms with E-state index in [4.69, 9.17) is 5.11 Å². The van der Waals surface area contributed by atoms with Crippen molar-refractivity contribution in [2.75, 3.05) is 6.54 Å². The molecule has 2 N–H and O–H groups in total. The average Bonchev–Trinajstić information content (AvgIpc) is 2.01. The SMILES string of the molecule is C=CC(=O)NCC1(C(=O)O)CCC1. The summed E-state index contributed by atoms with van der Waals surface area (Å²) in [5, 5.41) is 11.4. The molecule has 0 spiro atoms. The highest BCUT2D eigenvalue weighted by molar-refractivity contribution is 5.87. The summed E-state index contributed by atoms with van der Waals surface area (Å²) in [7, 11) is 0. The number of hydrogen-bond donors (Lipinski definition) is 2. The molecule has 1 aliphatic rings. The van der Waals surface area contributed by atoms with Crippen LogP contribution in [0.4, 0.5) is 0 Å². The normalized spacial score (nSPS) is 18.5. The second kappa shape index (κ2) is 3.60. The van der Waals surface area contributed by atoms with Gasteiger partial charge in [-0.1, -0.05) is 13.0 Å². The first-order valence-corrected chi connectivity index (χ1v) is 4.24. The molecule has 1 aliphatic carbocycles. The number of nitrogens with one attached hydrogen (secondary N) is 1. The number of carbonyl (C=O) groups is 2. The molecule has 1 rings (SSSR count). The Morgan fingerprint density at radius 1 is 1.54 bits per heavy atom. The van der Waals surface area contributed by atoms with Crippen LogP contribution in [0.5, 0.6) is 0 Å². The van der Waals surface area contributed by atoms with E-state index in [-0.39, 0.29) is 12.5 Å². The van der Waals surface area contributed by atoms with E-state index in [2.05, 4.69) is 11.9 Å². The predicted molar refractivity (Wildman–Crippen MR) is 47.1 cm³/mol. The summed E-state index contributed by atoms with van der Waals surface area (Å²) in [4.78, 5) is 21.6. The van der Waals surface area contributed by atoms with Crippen molar-refractivity contribution in [1.29, 1.82) is 0 Å². The number of carboxylic acid groups (broad SMARTS) is 1. The molecule has 0 aromatic rings. The smallest absolute Gasteiger partial charge is 0.311 e. The third-order valence-corrected chi connectivity index (χ3v) is 2.55. The van der Waals surface area contributed by atoms with Gasteiger partial charge in [0.2, 0.25) is 5.91 Å². The number of amides is 1. The fraction of sp³-hybridized carbons (Fsp3) is 0.556. The molecule has 0 aliphatic heterocycles. The van der Waals surface area contributed by atoms with Gasteiger partial charge in [-0.3, -0.25) is 9.59 Å². The van der Waals surface area contributed by atoms with Crippen molar-refractivity contribution in [2.24, 2.45) is 5.41 Å². The monoisotopic (exact) mass is 183 g/mol. The third kappa shape index (κ3) is 1.88. The van der Waals surface area contributed by atoms with Gasteiger partial charge < -0.3 is 10.4 Å². The molecule has 0 unspecified atom stereocenters. The molecular formula is C9H13NO3. The van der Waals surface area contributed by atoms with Gasteiger partial charge in [-0.05, 0) is 18.9 Å². The fourth-order valence-corrected chi connectivity index (χ4v) is 1.40. The number of hydrogen-bond acceptors (Lipinski definition) is 2. The lowest BCUT2D eigenvalue weighted by molar-refractivity contribution is -0.154. The zero-order chi connectivity index (χ0) is 9.90. The van der Waals surface area contributed by atoms with Gasteiger partial charge in [-0.2, -0.15) is 0 Å². The van der Waals surface area contributed by atoms with Crippen LogP contribution in [0.1, 0.15) is 19.3 Å². The Morgan fingerprint density at radius 2 is 2.15 bits per heavy atom. The molecule has 4 nitrogen and oxygen atoms in total. The Labute approximate surface area is 76.6 Å². The Bertz CT molecular complexity index is 243. The lowest BCUT2D eigenvalue weighted by Crippen LogP contribution is -2.47. The first-order chi connectivity index (χ1) is 6.10. The van der Waals surface area contributed by atoms with Crippen LogP contribution in [0.15, 0.2) is 12.7 Å². The van der Waals surface area contributed by atoms with E-state index in [0.29, 0.717) is 12.8 Å². The molecule has 0 bridgehead atoms. The summed E-state index contributed by atoms with van der Waals surface area (Å²) < 4.78 is 0. The predicted octanol–water partition coefficient (Wildman–Crippen LogP) is 0.543. The van der Waals surface area contributed by atoms with Crippen molar-refractivity contribution >= 4 is 11.9 Å². The Balaban J connectivity index is 2.45. The van der Waals surface area contributed by atoms with E-state index < -0.39 is 11.4 Å². The molecule has 13 heavy (non-hydrogen) atoms. The summed E-state index contributed by atoms with van der Waals surface area (Å²) in [6.45, 7) is 3.51. The summed E-state index contributed by atoms with van der Waals surface area (Å²) >= 11 is 0. The first kappa shape index (κ1) is 9.77. The van der Waals surface area contributed by atoms with Gasteiger partial charge in [-0.15, -0.1) is 0 Å². The molecule has 1 fully saturated rings. The molecule has 0 aromatic heterocycles. The van der Waals surface area contributed by atoms with Crippen LogP contribution in [-0.2, 0) is 9.59 Å². The average molecular weight is 183 g/mol. The topological polar surface area (TPSA) is 66.4 Å². The van der Waals surface area contributed by atoms with Crippen molar-refractivity contribution in [1.82, 2.24) is 5.32 Å². The molecule has 1 amide bonds. The van der Waals surface area contributed by atoms with Crippen LogP contribution in [-0.4, -0.2) is 23.5 Å². The van der Waals surface area contributed by atoms with Crippen LogP contribution < -0.4 is 5.32 Å². The van der Waals surface area contributed by atoms with E-state index in [1.54, 1.807) is 0 Å². The molecule has 0 atom stereocenters. The molecule has 0 heterocycles. The largest absolute Gasteiger partial charge is 0.481 e. The van der Waals surface area contributed by atoms with E-state index in [1.165, 1.54) is 0 Å². The molecule has 0 saturated heterocycles. The molecule has 72 valence electrons. The van der Waals surface area contributed by atoms with Crippen LogP contribution in [0.2, 0.25) is 0 Å². The van der Waals surface area contributed by atoms with Crippen LogP contribution in [0.3, 0.4) is 0 Å². The number of carbonyl (C=O) groups excluding carboxylic acids is 1. The van der Waals surface area contributed by atoms with Gasteiger partial charge in [0.25, 0.3) is 0 Å². The minimum absolute atomic E-state index is 0.215. The van der Waals surface area contributed by atoms with Crippen molar-refractivity contribution < 1.29 is 14.7 Å². The molecule has 0 aromatic carbocycles. The zero-order valence-corrected chi connectivity index (χ0v) is 7.38. The molecular weight excluding hydrogens is 170 g/mol. The molecule has 1 saturated carbocycles. The highest BCUT2D eigenvalue weighted by Crippen LogP contribution is 2.40. The molecule has 0 radical (unpaired) electrons. The van der Waals surface area contributed by atoms with Crippen LogP contribution in [0, 0.1) is 5.41 Å². The molecule has 4 heteroatoms. The van der Waals surface area contributed by atoms with Gasteiger partial charge in [0.15, 0.2) is 0 Å². The summed E-state index contributed by atoms with van der Waals surface area (Å²) in [5.74, 6) is -1.13. The Morgan fingerprint density at radius 3 is 2.46 bits per heavy atom. The van der Waals surface area contributed by atoms with Gasteiger partial charge >= 0.3 is 5.97 Å². The van der Waals surface area contributed by atoms with Crippen LogP contribution >= 0.6 is 0 Å². The van der Waals surface area contributed by atoms with Crippen LogP contribution in [0.25, 0.3) is 0 Å². The van der Waals surface area contributed by atoms with Gasteiger partial charge in [0.1, 0.15) is 0 Å². The van der Waals surface area contributed by atoms with Gasteiger partial charge in [0.05, 0.1) is 5.41 Å². The van der Waals surface area contributed by atoms with Gasteiger partial charge in [-0.25, -0.2) is 0 Å². The van der Waals surface area contributed by atoms with Gasteiger partial charge in [0, 0.05) is 6.54 Å². The maximum absolute atomic E-state index is 10.8. The first-order valence-electron chi connectivity index (χ1n) is 4.24. The second-order valence-corrected chi connectivity index (χ2v) is 3.36. The minimum Gasteiger partial charge on any atom is -0.481 e. The Kier molecular flexibility index (Phi) is 2.70. The lowest BCUT2D eigenvalue weighted by Gasteiger charge is -2.37. The minimum atomic E-state index is -0.817. The maximum Gasteiger partial charge on any atom is 0.311 e. The maximum atomic E-state index is 10.8. The quantitative estimate of drug-likeness (QED) is 0.625. The second-order valence-electron chi connectivity index (χ2n) is 3.36. The number of carboxylic acids is 1. The summed E-state index contributed by atoms with van der Waals surface area (Å²) in [6, 6.07) is 0. The van der Waals surface area contributed by atoms with E-state index in [9.17, 15) is 9.59 Å². The van der Waals surface area contributed by atoms with Crippen molar-refractivity contribution in [3.63, 3.8) is 0 Å². The summed E-state index contributed by atoms with van der Waals surface area (Å²) in [6.07, 6.45) is 3.38. The Hall–Kier alpha value is -1.32. The third-order valence-electron chi connectivity index (χ3n) is 2.55. The highest BCUT2D eigenvalue weighted by Gasteiger charge is 2.44. The van der Waals surface area contributed by atoms with E-state index >= 15 is 0 Å². The van der Waals surface area contributed by atoms with Crippen molar-refractivity contribution in [3.05, 3.63) is 12.7 Å². The fourth-order valence-electron chi connectivity index (χ4n) is 1.40. The van der Waals surface area contributed by atoms with Crippen molar-refractivity contribution in [2.45, 2.75) is 19.3 Å². The summed E-state index contributed by atoms with van der Waals surface area (Å²) in [5.41, 5.74) is -0.710. The number of aliphatic carboxylic acids is 1. The van der Waals surface area contributed by atoms with E-state index in [0.717, 1.165) is 12.5 Å². The zero-order valence-electron chi connectivity index (χ0n) is 7.38. The standard InChI is InChI=1S/C9H13NO3/c1-2-7(11)10-6-9(8(12)13)4-3-5-9/h2H,1,3-6H2,(H,10,11)(H,12,13). The number of rotatable bonds is 4. The van der Waals surface area contributed by atoms with E-state index in [1.807, 2.05) is 0 Å². The highest BCUT2D eigenvalue weighted by atomic mass is 16.4. The lowest BCUT2D eigenvalue weighted by atomic mass is 9.69. The van der Waals surface area contributed by atoms with Crippen molar-refractivity contribution in [3.8, 4) is 0 Å².